The van der Waals surface area contributed by atoms with E-state index in [4.69, 9.17) is 4.98 Å². The molecule has 142 valence electrons. The Labute approximate surface area is 168 Å². The molecule has 2 aromatic heterocycles. The molecule has 0 unspecified atom stereocenters. The molecular formula is C22H22N4OS. The number of aryl methyl sites for hydroxylation is 3. The molecule has 2 aromatic carbocycles. The SMILES string of the molecule is CCn1nc(C(=O)N(Cc2ccccc2)c2nc3ccc(C)cc3s2)cc1C. The molecule has 4 rings (SSSR count). The van der Waals surface area contributed by atoms with Gasteiger partial charge in [0, 0.05) is 12.2 Å². The molecule has 28 heavy (non-hydrogen) atoms. The maximum Gasteiger partial charge on any atom is 0.280 e. The third-order valence-corrected chi connectivity index (χ3v) is 5.73. The smallest absolute Gasteiger partial charge is 0.278 e. The van der Waals surface area contributed by atoms with E-state index >= 15 is 0 Å². The van der Waals surface area contributed by atoms with Crippen LogP contribution in [0.4, 0.5) is 5.13 Å². The summed E-state index contributed by atoms with van der Waals surface area (Å²) in [6, 6.07) is 18.0. The van der Waals surface area contributed by atoms with Gasteiger partial charge in [0.05, 0.1) is 16.8 Å². The van der Waals surface area contributed by atoms with Crippen molar-refractivity contribution in [2.75, 3.05) is 4.90 Å². The third-order valence-electron chi connectivity index (χ3n) is 4.69. The van der Waals surface area contributed by atoms with Gasteiger partial charge in [-0.15, -0.1) is 0 Å². The van der Waals surface area contributed by atoms with Crippen molar-refractivity contribution in [2.24, 2.45) is 0 Å². The monoisotopic (exact) mass is 390 g/mol. The molecule has 6 heteroatoms. The number of nitrogens with zero attached hydrogens (tertiary/aromatic N) is 4. The maximum absolute atomic E-state index is 13.4. The Bertz CT molecular complexity index is 1130. The number of hydrogen-bond donors (Lipinski definition) is 0. The minimum Gasteiger partial charge on any atom is -0.278 e. The summed E-state index contributed by atoms with van der Waals surface area (Å²) in [6.07, 6.45) is 0. The van der Waals surface area contributed by atoms with E-state index in [0.717, 1.165) is 28.0 Å². The molecule has 0 saturated carbocycles. The summed E-state index contributed by atoms with van der Waals surface area (Å²) in [4.78, 5) is 19.9. The Morgan fingerprint density at radius 2 is 1.89 bits per heavy atom. The highest BCUT2D eigenvalue weighted by atomic mass is 32.1. The first kappa shape index (κ1) is 18.4. The molecule has 0 aliphatic carbocycles. The summed E-state index contributed by atoms with van der Waals surface area (Å²) in [5.74, 6) is -0.130. The van der Waals surface area contributed by atoms with Gasteiger partial charge < -0.3 is 0 Å². The number of benzene rings is 2. The summed E-state index contributed by atoms with van der Waals surface area (Å²) in [5.41, 5.74) is 4.57. The quantitative estimate of drug-likeness (QED) is 0.483. The van der Waals surface area contributed by atoms with Crippen LogP contribution in [-0.4, -0.2) is 20.7 Å². The van der Waals surface area contributed by atoms with Crippen molar-refractivity contribution < 1.29 is 4.79 Å². The summed E-state index contributed by atoms with van der Waals surface area (Å²) in [5, 5.41) is 5.18. The van der Waals surface area contributed by atoms with E-state index < -0.39 is 0 Å². The van der Waals surface area contributed by atoms with E-state index in [0.29, 0.717) is 17.4 Å². The average molecular weight is 391 g/mol. The van der Waals surface area contributed by atoms with Crippen molar-refractivity contribution in [1.82, 2.24) is 14.8 Å². The number of hydrogen-bond acceptors (Lipinski definition) is 4. The largest absolute Gasteiger partial charge is 0.280 e. The molecule has 0 atom stereocenters. The van der Waals surface area contributed by atoms with Crippen LogP contribution in [0.3, 0.4) is 0 Å². The topological polar surface area (TPSA) is 51.0 Å². The van der Waals surface area contributed by atoms with Crippen molar-refractivity contribution >= 4 is 32.6 Å². The molecule has 0 N–H and O–H groups in total. The van der Waals surface area contributed by atoms with Crippen LogP contribution in [0.2, 0.25) is 0 Å². The Morgan fingerprint density at radius 3 is 2.61 bits per heavy atom. The average Bonchev–Trinajstić information content (AvgIpc) is 3.29. The molecule has 4 aromatic rings. The highest BCUT2D eigenvalue weighted by molar-refractivity contribution is 7.22. The Morgan fingerprint density at radius 1 is 1.11 bits per heavy atom. The van der Waals surface area contributed by atoms with Crippen LogP contribution in [0.1, 0.15) is 34.2 Å². The predicted octanol–water partition coefficient (Wildman–Crippen LogP) is 4.98. The highest BCUT2D eigenvalue weighted by Gasteiger charge is 2.24. The lowest BCUT2D eigenvalue weighted by Gasteiger charge is -2.19. The molecule has 0 saturated heterocycles. The zero-order chi connectivity index (χ0) is 19.7. The first-order valence-corrected chi connectivity index (χ1v) is 10.1. The van der Waals surface area contributed by atoms with Gasteiger partial charge in [-0.3, -0.25) is 14.4 Å². The van der Waals surface area contributed by atoms with Gasteiger partial charge in [-0.2, -0.15) is 5.10 Å². The summed E-state index contributed by atoms with van der Waals surface area (Å²) in [7, 11) is 0. The van der Waals surface area contributed by atoms with Crippen LogP contribution in [0, 0.1) is 13.8 Å². The molecule has 0 aliphatic rings. The normalized spacial score (nSPS) is 11.1. The Kier molecular flexibility index (Phi) is 4.96. The molecule has 5 nitrogen and oxygen atoms in total. The molecule has 0 fully saturated rings. The van der Waals surface area contributed by atoms with E-state index in [1.807, 2.05) is 67.1 Å². The second-order valence-corrected chi connectivity index (χ2v) is 7.84. The van der Waals surface area contributed by atoms with Gasteiger partial charge in [-0.25, -0.2) is 4.98 Å². The second kappa shape index (κ2) is 7.56. The molecule has 0 spiro atoms. The third kappa shape index (κ3) is 3.55. The number of rotatable bonds is 5. The number of amides is 1. The first-order chi connectivity index (χ1) is 13.5. The minimum atomic E-state index is -0.130. The summed E-state index contributed by atoms with van der Waals surface area (Å²) in [6.45, 7) is 7.24. The van der Waals surface area contributed by atoms with Crippen molar-refractivity contribution in [3.8, 4) is 0 Å². The number of aromatic nitrogens is 3. The van der Waals surface area contributed by atoms with Crippen LogP contribution < -0.4 is 4.90 Å². The first-order valence-electron chi connectivity index (χ1n) is 9.32. The highest BCUT2D eigenvalue weighted by Crippen LogP contribution is 2.31. The molecular weight excluding hydrogens is 368 g/mol. The van der Waals surface area contributed by atoms with E-state index in [2.05, 4.69) is 18.1 Å². The Balaban J connectivity index is 1.76. The van der Waals surface area contributed by atoms with Crippen molar-refractivity contribution in [3.05, 3.63) is 77.1 Å². The molecule has 0 bridgehead atoms. The number of fused-ring (bicyclic) bond motifs is 1. The molecule has 2 heterocycles. The van der Waals surface area contributed by atoms with E-state index in [9.17, 15) is 4.79 Å². The summed E-state index contributed by atoms with van der Waals surface area (Å²) < 4.78 is 2.92. The van der Waals surface area contributed by atoms with Gasteiger partial charge in [0.15, 0.2) is 10.8 Å². The lowest BCUT2D eigenvalue weighted by atomic mass is 10.2. The van der Waals surface area contributed by atoms with Crippen LogP contribution in [0.5, 0.6) is 0 Å². The van der Waals surface area contributed by atoms with E-state index in [-0.39, 0.29) is 5.91 Å². The lowest BCUT2D eigenvalue weighted by Crippen LogP contribution is -2.30. The van der Waals surface area contributed by atoms with Crippen LogP contribution >= 0.6 is 11.3 Å². The molecule has 1 amide bonds. The maximum atomic E-state index is 13.4. The fourth-order valence-corrected chi connectivity index (χ4v) is 4.26. The van der Waals surface area contributed by atoms with Gasteiger partial charge >= 0.3 is 0 Å². The van der Waals surface area contributed by atoms with Gasteiger partial charge in [0.1, 0.15) is 0 Å². The number of thiazole rings is 1. The van der Waals surface area contributed by atoms with Gasteiger partial charge in [-0.05, 0) is 50.1 Å². The van der Waals surface area contributed by atoms with Crippen LogP contribution in [-0.2, 0) is 13.1 Å². The van der Waals surface area contributed by atoms with Crippen LogP contribution in [0.15, 0.2) is 54.6 Å². The number of carbonyl (C=O) groups excluding carboxylic acids is 1. The fraction of sp³-hybridized carbons (Fsp3) is 0.227. The van der Waals surface area contributed by atoms with Crippen LogP contribution in [0.25, 0.3) is 10.2 Å². The van der Waals surface area contributed by atoms with Gasteiger partial charge in [0.25, 0.3) is 5.91 Å². The van der Waals surface area contributed by atoms with Gasteiger partial charge in [0.2, 0.25) is 0 Å². The molecule has 0 aliphatic heterocycles. The second-order valence-electron chi connectivity index (χ2n) is 6.83. The van der Waals surface area contributed by atoms with Gasteiger partial charge in [-0.1, -0.05) is 47.7 Å². The molecule has 0 radical (unpaired) electrons. The van der Waals surface area contributed by atoms with E-state index in [1.165, 1.54) is 16.9 Å². The summed E-state index contributed by atoms with van der Waals surface area (Å²) >= 11 is 1.54. The lowest BCUT2D eigenvalue weighted by molar-refractivity contribution is 0.0979. The zero-order valence-electron chi connectivity index (χ0n) is 16.2. The number of anilines is 1. The minimum absolute atomic E-state index is 0.130. The fourth-order valence-electron chi connectivity index (χ4n) is 3.20. The standard InChI is InChI=1S/C22H22N4OS/c1-4-26-16(3)13-19(24-26)21(27)25(14-17-8-6-5-7-9-17)22-23-18-11-10-15(2)12-20(18)28-22/h5-13H,4,14H2,1-3H3. The zero-order valence-corrected chi connectivity index (χ0v) is 17.0. The predicted molar refractivity (Wildman–Crippen MR) is 114 cm³/mol. The van der Waals surface area contributed by atoms with E-state index in [1.54, 1.807) is 4.90 Å². The van der Waals surface area contributed by atoms with Crippen molar-refractivity contribution in [1.29, 1.82) is 0 Å². The van der Waals surface area contributed by atoms with Crippen molar-refractivity contribution in [2.45, 2.75) is 33.9 Å². The van der Waals surface area contributed by atoms with Crippen molar-refractivity contribution in [3.63, 3.8) is 0 Å². The number of carbonyl (C=O) groups is 1. The Hall–Kier alpha value is -2.99.